The lowest BCUT2D eigenvalue weighted by Crippen LogP contribution is -2.38. The van der Waals surface area contributed by atoms with Crippen LogP contribution in [-0.4, -0.2) is 23.8 Å². The van der Waals surface area contributed by atoms with Crippen LogP contribution < -0.4 is 5.32 Å². The maximum atomic E-state index is 12.2. The summed E-state index contributed by atoms with van der Waals surface area (Å²) < 4.78 is 0. The first-order valence-electron chi connectivity index (χ1n) is 7.72. The van der Waals surface area contributed by atoms with Crippen molar-refractivity contribution in [3.05, 3.63) is 71.8 Å². The van der Waals surface area contributed by atoms with Crippen LogP contribution >= 0.6 is 0 Å². The van der Waals surface area contributed by atoms with E-state index in [0.29, 0.717) is 0 Å². The normalized spacial score (nSPS) is 13.0. The zero-order valence-electron chi connectivity index (χ0n) is 13.5. The molecule has 120 valence electrons. The van der Waals surface area contributed by atoms with E-state index in [9.17, 15) is 9.59 Å². The van der Waals surface area contributed by atoms with Gasteiger partial charge in [0.15, 0.2) is 0 Å². The minimum atomic E-state index is -0.170. The molecule has 1 N–H and O–H groups in total. The van der Waals surface area contributed by atoms with E-state index in [1.807, 2.05) is 74.5 Å². The van der Waals surface area contributed by atoms with Gasteiger partial charge in [0.2, 0.25) is 12.3 Å². The van der Waals surface area contributed by atoms with Gasteiger partial charge in [-0.2, -0.15) is 0 Å². The van der Waals surface area contributed by atoms with Crippen LogP contribution in [0.2, 0.25) is 0 Å². The van der Waals surface area contributed by atoms with Crippen LogP contribution in [0.3, 0.4) is 0 Å². The molecule has 0 heterocycles. The van der Waals surface area contributed by atoms with Crippen LogP contribution in [0.5, 0.6) is 0 Å². The highest BCUT2D eigenvalue weighted by Crippen LogP contribution is 2.18. The Balaban J connectivity index is 1.96. The molecule has 2 amide bonds. The summed E-state index contributed by atoms with van der Waals surface area (Å²) in [4.78, 5) is 25.1. The fraction of sp³-hybridized carbons (Fsp3) is 0.263. The van der Waals surface area contributed by atoms with E-state index in [4.69, 9.17) is 0 Å². The predicted molar refractivity (Wildman–Crippen MR) is 90.6 cm³/mol. The molecule has 2 aromatic rings. The van der Waals surface area contributed by atoms with Crippen molar-refractivity contribution in [3.8, 4) is 0 Å². The molecule has 0 unspecified atom stereocenters. The van der Waals surface area contributed by atoms with Crippen molar-refractivity contribution in [2.45, 2.75) is 25.9 Å². The van der Waals surface area contributed by atoms with Crippen molar-refractivity contribution in [3.63, 3.8) is 0 Å². The first-order valence-corrected chi connectivity index (χ1v) is 7.72. The average molecular weight is 310 g/mol. The predicted octanol–water partition coefficient (Wildman–Crippen LogP) is 3.08. The summed E-state index contributed by atoms with van der Waals surface area (Å²) in [5, 5.41) is 2.93. The number of rotatable bonds is 7. The van der Waals surface area contributed by atoms with Crippen molar-refractivity contribution >= 4 is 12.3 Å². The second-order valence-corrected chi connectivity index (χ2v) is 5.56. The third-order valence-electron chi connectivity index (χ3n) is 3.92. The van der Waals surface area contributed by atoms with Gasteiger partial charge in [0.1, 0.15) is 0 Å². The Labute approximate surface area is 137 Å². The molecule has 0 fully saturated rings. The van der Waals surface area contributed by atoms with E-state index < -0.39 is 0 Å². The number of hydrogen-bond donors (Lipinski definition) is 1. The standard InChI is InChI=1S/C19H22N2O2/c1-15(17-9-5-3-6-10-17)20-19(23)13-21(14-22)16(2)18-11-7-4-8-12-18/h3-12,14-16H,13H2,1-2H3,(H,20,23)/t15-,16+/m0/s1. The van der Waals surface area contributed by atoms with E-state index in [1.54, 1.807) is 0 Å². The van der Waals surface area contributed by atoms with E-state index in [2.05, 4.69) is 5.32 Å². The third kappa shape index (κ3) is 4.68. The van der Waals surface area contributed by atoms with Gasteiger partial charge in [-0.3, -0.25) is 9.59 Å². The van der Waals surface area contributed by atoms with E-state index in [-0.39, 0.29) is 24.5 Å². The molecule has 2 aromatic carbocycles. The molecule has 0 spiro atoms. The van der Waals surface area contributed by atoms with Gasteiger partial charge in [0.05, 0.1) is 18.6 Å². The van der Waals surface area contributed by atoms with Gasteiger partial charge in [0, 0.05) is 0 Å². The van der Waals surface area contributed by atoms with E-state index >= 15 is 0 Å². The van der Waals surface area contributed by atoms with Gasteiger partial charge >= 0.3 is 0 Å². The molecule has 0 bridgehead atoms. The first-order chi connectivity index (χ1) is 11.1. The highest BCUT2D eigenvalue weighted by molar-refractivity contribution is 5.80. The second-order valence-electron chi connectivity index (χ2n) is 5.56. The van der Waals surface area contributed by atoms with Gasteiger partial charge in [-0.05, 0) is 25.0 Å². The molecule has 4 nitrogen and oxygen atoms in total. The van der Waals surface area contributed by atoms with Crippen LogP contribution in [0.25, 0.3) is 0 Å². The SMILES string of the molecule is C[C@H](NC(=O)CN(C=O)[C@H](C)c1ccccc1)c1ccccc1. The van der Waals surface area contributed by atoms with Crippen LogP contribution in [0.1, 0.15) is 37.1 Å². The number of nitrogens with zero attached hydrogens (tertiary/aromatic N) is 1. The quantitative estimate of drug-likeness (QED) is 0.799. The maximum absolute atomic E-state index is 12.2. The smallest absolute Gasteiger partial charge is 0.240 e. The Morgan fingerprint density at radius 2 is 1.52 bits per heavy atom. The van der Waals surface area contributed by atoms with E-state index in [0.717, 1.165) is 17.5 Å². The summed E-state index contributed by atoms with van der Waals surface area (Å²) in [6, 6.07) is 19.2. The van der Waals surface area contributed by atoms with Crippen LogP contribution in [0.15, 0.2) is 60.7 Å². The Morgan fingerprint density at radius 1 is 1.00 bits per heavy atom. The van der Waals surface area contributed by atoms with Gasteiger partial charge in [0.25, 0.3) is 0 Å². The molecule has 23 heavy (non-hydrogen) atoms. The highest BCUT2D eigenvalue weighted by Gasteiger charge is 2.18. The maximum Gasteiger partial charge on any atom is 0.240 e. The molecule has 0 aliphatic rings. The summed E-state index contributed by atoms with van der Waals surface area (Å²) in [5.74, 6) is -0.170. The van der Waals surface area contributed by atoms with Gasteiger partial charge in [-0.15, -0.1) is 0 Å². The van der Waals surface area contributed by atoms with Crippen molar-refractivity contribution in [2.24, 2.45) is 0 Å². The summed E-state index contributed by atoms with van der Waals surface area (Å²) in [5.41, 5.74) is 2.04. The molecule has 0 aromatic heterocycles. The molecule has 4 heteroatoms. The largest absolute Gasteiger partial charge is 0.348 e. The fourth-order valence-electron chi connectivity index (χ4n) is 2.47. The summed E-state index contributed by atoms with van der Waals surface area (Å²) in [6.45, 7) is 3.88. The number of carbonyl (C=O) groups is 2. The summed E-state index contributed by atoms with van der Waals surface area (Å²) in [6.07, 6.45) is 0.727. The molecule has 0 saturated heterocycles. The number of hydrogen-bond acceptors (Lipinski definition) is 2. The molecule has 0 radical (unpaired) electrons. The zero-order valence-corrected chi connectivity index (χ0v) is 13.5. The molecule has 0 saturated carbocycles. The fourth-order valence-corrected chi connectivity index (χ4v) is 2.47. The van der Waals surface area contributed by atoms with Crippen molar-refractivity contribution in [1.82, 2.24) is 10.2 Å². The number of amides is 2. The Hall–Kier alpha value is -2.62. The van der Waals surface area contributed by atoms with Gasteiger partial charge in [-0.1, -0.05) is 60.7 Å². The second kappa shape index (κ2) is 8.13. The minimum absolute atomic E-state index is 0.0384. The first kappa shape index (κ1) is 16.7. The molecule has 2 rings (SSSR count). The lowest BCUT2D eigenvalue weighted by molar-refractivity contribution is -0.130. The van der Waals surface area contributed by atoms with Crippen LogP contribution in [0, 0.1) is 0 Å². The Morgan fingerprint density at radius 3 is 2.04 bits per heavy atom. The third-order valence-corrected chi connectivity index (χ3v) is 3.92. The minimum Gasteiger partial charge on any atom is -0.348 e. The monoisotopic (exact) mass is 310 g/mol. The molecule has 0 aliphatic carbocycles. The van der Waals surface area contributed by atoms with Crippen LogP contribution in [0.4, 0.5) is 0 Å². The summed E-state index contributed by atoms with van der Waals surface area (Å²) >= 11 is 0. The topological polar surface area (TPSA) is 49.4 Å². The zero-order chi connectivity index (χ0) is 16.7. The molecular formula is C19H22N2O2. The lowest BCUT2D eigenvalue weighted by Gasteiger charge is -2.25. The molecule has 0 aliphatic heterocycles. The van der Waals surface area contributed by atoms with Crippen molar-refractivity contribution in [2.75, 3.05) is 6.54 Å². The Bertz CT molecular complexity index is 628. The molecular weight excluding hydrogens is 288 g/mol. The van der Waals surface area contributed by atoms with E-state index in [1.165, 1.54) is 4.90 Å². The molecule has 2 atom stereocenters. The van der Waals surface area contributed by atoms with Crippen LogP contribution in [-0.2, 0) is 9.59 Å². The average Bonchev–Trinajstić information content (AvgIpc) is 2.60. The van der Waals surface area contributed by atoms with Gasteiger partial charge < -0.3 is 10.2 Å². The van der Waals surface area contributed by atoms with Crippen molar-refractivity contribution in [1.29, 1.82) is 0 Å². The number of nitrogens with one attached hydrogen (secondary N) is 1. The summed E-state index contributed by atoms with van der Waals surface area (Å²) in [7, 11) is 0. The number of carbonyl (C=O) groups excluding carboxylic acids is 2. The lowest BCUT2D eigenvalue weighted by atomic mass is 10.1. The Kier molecular flexibility index (Phi) is 5.92. The number of benzene rings is 2. The van der Waals surface area contributed by atoms with Gasteiger partial charge in [-0.25, -0.2) is 0 Å². The highest BCUT2D eigenvalue weighted by atomic mass is 16.2. The van der Waals surface area contributed by atoms with Crippen molar-refractivity contribution < 1.29 is 9.59 Å².